The maximum absolute atomic E-state index is 11.5. The number of halogens is 1. The van der Waals surface area contributed by atoms with E-state index >= 15 is 0 Å². The highest BCUT2D eigenvalue weighted by Crippen LogP contribution is 2.11. The number of carbonyl (C=O) groups is 1. The van der Waals surface area contributed by atoms with Crippen molar-refractivity contribution < 1.29 is 18.3 Å². The Hall–Kier alpha value is -1.34. The Balaban J connectivity index is 2.81. The first-order valence-corrected chi connectivity index (χ1v) is 6.88. The summed E-state index contributed by atoms with van der Waals surface area (Å²) in [5.74, 6) is -1.04. The third kappa shape index (κ3) is 4.58. The largest absolute Gasteiger partial charge is 0.478 e. The minimum Gasteiger partial charge on any atom is -0.478 e. The Bertz CT molecular complexity index is 503. The fourth-order valence-electron chi connectivity index (χ4n) is 1.09. The molecule has 2 N–H and O–H groups in total. The molecule has 0 saturated carbocycles. The summed E-state index contributed by atoms with van der Waals surface area (Å²) in [6.07, 6.45) is 2.70. The molecule has 0 aliphatic carbocycles. The number of sulfonamides is 1. The summed E-state index contributed by atoms with van der Waals surface area (Å²) in [7, 11) is -3.51. The Kier molecular flexibility index (Phi) is 4.71. The number of rotatable bonds is 6. The van der Waals surface area contributed by atoms with Crippen LogP contribution >= 0.6 is 11.6 Å². The highest BCUT2D eigenvalue weighted by atomic mass is 35.5. The second-order valence-corrected chi connectivity index (χ2v) is 5.45. The summed E-state index contributed by atoms with van der Waals surface area (Å²) >= 11 is 5.40. The van der Waals surface area contributed by atoms with Gasteiger partial charge in [0, 0.05) is 12.1 Å². The fourth-order valence-corrected chi connectivity index (χ4v) is 2.48. The number of aromatic nitrogens is 1. The van der Waals surface area contributed by atoms with Crippen LogP contribution in [-0.4, -0.2) is 36.1 Å². The topological polar surface area (TPSA) is 96.4 Å². The lowest BCUT2D eigenvalue weighted by molar-refractivity contribution is 0.0696. The van der Waals surface area contributed by atoms with E-state index in [2.05, 4.69) is 9.71 Å². The van der Waals surface area contributed by atoms with E-state index < -0.39 is 16.0 Å². The number of nitrogens with zero attached hydrogens (tertiary/aromatic N) is 1. The quantitative estimate of drug-likeness (QED) is 0.761. The Morgan fingerprint density at radius 1 is 1.47 bits per heavy atom. The molecular weight excluding hydrogens is 268 g/mol. The SMILES string of the molecule is O=C(O)c1cncc(NS(=O)(=O)CCCCl)c1. The van der Waals surface area contributed by atoms with Gasteiger partial charge in [0.1, 0.15) is 0 Å². The van der Waals surface area contributed by atoms with Gasteiger partial charge in [-0.25, -0.2) is 13.2 Å². The molecule has 1 rings (SSSR count). The first-order valence-electron chi connectivity index (χ1n) is 4.69. The Morgan fingerprint density at radius 3 is 2.76 bits per heavy atom. The molecule has 0 radical (unpaired) electrons. The number of carboxylic acid groups (broad SMARTS) is 1. The molecule has 1 aromatic rings. The van der Waals surface area contributed by atoms with Crippen LogP contribution in [0.5, 0.6) is 0 Å². The van der Waals surface area contributed by atoms with Crippen molar-refractivity contribution in [3.63, 3.8) is 0 Å². The maximum Gasteiger partial charge on any atom is 0.337 e. The highest BCUT2D eigenvalue weighted by molar-refractivity contribution is 7.92. The summed E-state index contributed by atoms with van der Waals surface area (Å²) < 4.78 is 25.2. The van der Waals surface area contributed by atoms with Crippen molar-refractivity contribution in [2.75, 3.05) is 16.4 Å². The first-order chi connectivity index (χ1) is 7.94. The van der Waals surface area contributed by atoms with Crippen LogP contribution in [0, 0.1) is 0 Å². The summed E-state index contributed by atoms with van der Waals surface area (Å²) in [4.78, 5) is 14.3. The summed E-state index contributed by atoms with van der Waals surface area (Å²) in [6, 6.07) is 1.20. The molecule has 0 fully saturated rings. The van der Waals surface area contributed by atoms with Crippen molar-refractivity contribution in [2.24, 2.45) is 0 Å². The van der Waals surface area contributed by atoms with Crippen molar-refractivity contribution in [3.8, 4) is 0 Å². The average molecular weight is 279 g/mol. The zero-order chi connectivity index (χ0) is 12.9. The monoisotopic (exact) mass is 278 g/mol. The Labute approximate surface area is 104 Å². The second kappa shape index (κ2) is 5.83. The minimum atomic E-state index is -3.51. The molecule has 0 amide bonds. The molecular formula is C9H11ClN2O4S. The van der Waals surface area contributed by atoms with Crippen LogP contribution in [0.1, 0.15) is 16.8 Å². The second-order valence-electron chi connectivity index (χ2n) is 3.23. The van der Waals surface area contributed by atoms with E-state index in [0.717, 1.165) is 6.20 Å². The first kappa shape index (κ1) is 13.7. The van der Waals surface area contributed by atoms with E-state index in [9.17, 15) is 13.2 Å². The number of anilines is 1. The zero-order valence-corrected chi connectivity index (χ0v) is 10.3. The minimum absolute atomic E-state index is 0.0810. The van der Waals surface area contributed by atoms with E-state index in [0.29, 0.717) is 6.42 Å². The molecule has 0 spiro atoms. The van der Waals surface area contributed by atoms with Gasteiger partial charge in [0.15, 0.2) is 0 Å². The third-order valence-corrected chi connectivity index (χ3v) is 3.45. The predicted molar refractivity (Wildman–Crippen MR) is 63.9 cm³/mol. The molecule has 1 heterocycles. The lowest BCUT2D eigenvalue weighted by Gasteiger charge is -2.07. The van der Waals surface area contributed by atoms with Crippen molar-refractivity contribution >= 4 is 33.3 Å². The maximum atomic E-state index is 11.5. The molecule has 17 heavy (non-hydrogen) atoms. The van der Waals surface area contributed by atoms with Gasteiger partial charge in [0.2, 0.25) is 10.0 Å². The standard InChI is InChI=1S/C9H11ClN2O4S/c10-2-1-3-17(15,16)12-8-4-7(9(13)14)5-11-6-8/h4-6,12H,1-3H2,(H,13,14). The molecule has 0 aromatic carbocycles. The Morgan fingerprint density at radius 2 is 2.18 bits per heavy atom. The lowest BCUT2D eigenvalue weighted by Crippen LogP contribution is -2.17. The third-order valence-electron chi connectivity index (χ3n) is 1.81. The van der Waals surface area contributed by atoms with Crippen LogP contribution in [-0.2, 0) is 10.0 Å². The van der Waals surface area contributed by atoms with Gasteiger partial charge in [-0.2, -0.15) is 0 Å². The normalized spacial score (nSPS) is 11.1. The van der Waals surface area contributed by atoms with Gasteiger partial charge in [0.05, 0.1) is 23.2 Å². The average Bonchev–Trinajstić information content (AvgIpc) is 2.26. The van der Waals surface area contributed by atoms with E-state index in [-0.39, 0.29) is 22.9 Å². The smallest absolute Gasteiger partial charge is 0.337 e. The molecule has 8 heteroatoms. The summed E-state index contributed by atoms with van der Waals surface area (Å²) in [6.45, 7) is 0. The van der Waals surface area contributed by atoms with Gasteiger partial charge in [-0.3, -0.25) is 9.71 Å². The van der Waals surface area contributed by atoms with Crippen LogP contribution < -0.4 is 4.72 Å². The molecule has 0 bridgehead atoms. The van der Waals surface area contributed by atoms with Gasteiger partial charge in [-0.1, -0.05) is 0 Å². The molecule has 0 aliphatic heterocycles. The van der Waals surface area contributed by atoms with E-state index in [1.54, 1.807) is 0 Å². The summed E-state index contributed by atoms with van der Waals surface area (Å²) in [5, 5.41) is 8.71. The van der Waals surface area contributed by atoms with Gasteiger partial charge in [-0.15, -0.1) is 11.6 Å². The number of pyridine rings is 1. The summed E-state index contributed by atoms with van der Waals surface area (Å²) in [5.41, 5.74) is 0.0435. The lowest BCUT2D eigenvalue weighted by atomic mass is 10.3. The van der Waals surface area contributed by atoms with Crippen molar-refractivity contribution in [2.45, 2.75) is 6.42 Å². The van der Waals surface area contributed by atoms with E-state index in [4.69, 9.17) is 16.7 Å². The molecule has 0 atom stereocenters. The van der Waals surface area contributed by atoms with E-state index in [1.165, 1.54) is 12.3 Å². The number of carboxylic acids is 1. The van der Waals surface area contributed by atoms with E-state index in [1.807, 2.05) is 0 Å². The number of hydrogen-bond donors (Lipinski definition) is 2. The number of hydrogen-bond acceptors (Lipinski definition) is 4. The van der Waals surface area contributed by atoms with Crippen LogP contribution in [0.3, 0.4) is 0 Å². The van der Waals surface area contributed by atoms with Crippen LogP contribution in [0.2, 0.25) is 0 Å². The fraction of sp³-hybridized carbons (Fsp3) is 0.333. The van der Waals surface area contributed by atoms with Gasteiger partial charge in [0.25, 0.3) is 0 Å². The number of aromatic carboxylic acids is 1. The van der Waals surface area contributed by atoms with Crippen LogP contribution in [0.4, 0.5) is 5.69 Å². The van der Waals surface area contributed by atoms with Crippen molar-refractivity contribution in [3.05, 3.63) is 24.0 Å². The van der Waals surface area contributed by atoms with Crippen LogP contribution in [0.15, 0.2) is 18.5 Å². The number of alkyl halides is 1. The number of nitrogens with one attached hydrogen (secondary N) is 1. The molecule has 1 aromatic heterocycles. The molecule has 6 nitrogen and oxygen atoms in total. The van der Waals surface area contributed by atoms with Gasteiger partial charge >= 0.3 is 5.97 Å². The molecule has 0 aliphatic rings. The molecule has 94 valence electrons. The predicted octanol–water partition coefficient (Wildman–Crippen LogP) is 1.15. The van der Waals surface area contributed by atoms with Crippen LogP contribution in [0.25, 0.3) is 0 Å². The molecule has 0 saturated heterocycles. The van der Waals surface area contributed by atoms with Gasteiger partial charge < -0.3 is 5.11 Å². The van der Waals surface area contributed by atoms with Gasteiger partial charge in [-0.05, 0) is 12.5 Å². The highest BCUT2D eigenvalue weighted by Gasteiger charge is 2.11. The molecule has 0 unspecified atom stereocenters. The van der Waals surface area contributed by atoms with Crippen molar-refractivity contribution in [1.82, 2.24) is 4.98 Å². The van der Waals surface area contributed by atoms with Crippen molar-refractivity contribution in [1.29, 1.82) is 0 Å². The zero-order valence-electron chi connectivity index (χ0n) is 8.76.